The van der Waals surface area contributed by atoms with Gasteiger partial charge < -0.3 is 14.6 Å². The van der Waals surface area contributed by atoms with Gasteiger partial charge in [0.25, 0.3) is 0 Å². The van der Waals surface area contributed by atoms with Crippen LogP contribution in [0.2, 0.25) is 0 Å². The quantitative estimate of drug-likeness (QED) is 0.879. The molecule has 0 aliphatic carbocycles. The summed E-state index contributed by atoms with van der Waals surface area (Å²) in [7, 11) is 3.97. The zero-order chi connectivity index (χ0) is 12.5. The maximum Gasteiger partial charge on any atom is 0.179 e. The van der Waals surface area contributed by atoms with Gasteiger partial charge in [0.1, 0.15) is 11.6 Å². The Hall–Kier alpha value is -1.62. The molecule has 18 heavy (non-hydrogen) atoms. The molecule has 1 aliphatic rings. The van der Waals surface area contributed by atoms with Gasteiger partial charge in [0.2, 0.25) is 0 Å². The minimum Gasteiger partial charge on any atom is -0.381 e. The third-order valence-corrected chi connectivity index (χ3v) is 3.42. The van der Waals surface area contributed by atoms with Crippen molar-refractivity contribution in [2.45, 2.75) is 18.8 Å². The number of hydrogen-bond donors (Lipinski definition) is 1. The summed E-state index contributed by atoms with van der Waals surface area (Å²) in [4.78, 5) is 14.5. The largest absolute Gasteiger partial charge is 0.381 e. The normalized spacial score (nSPS) is 17.2. The van der Waals surface area contributed by atoms with E-state index in [-0.39, 0.29) is 0 Å². The standard InChI is InChI=1S/C13H18N4O/c1-17(2)11-4-3-10-13(15-11)16-12(14-10)9-5-7-18-8-6-9/h3-4,9H,5-8H2,1-2H3,(H,14,15,16). The Kier molecular flexibility index (Phi) is 2.91. The number of imidazole rings is 1. The second-order valence-electron chi connectivity index (χ2n) is 4.94. The minimum absolute atomic E-state index is 0.482. The number of H-pyrrole nitrogens is 1. The molecule has 5 nitrogen and oxygen atoms in total. The number of pyridine rings is 1. The van der Waals surface area contributed by atoms with Crippen LogP contribution in [0.3, 0.4) is 0 Å². The molecule has 0 bridgehead atoms. The number of nitrogens with one attached hydrogen (secondary N) is 1. The molecule has 1 N–H and O–H groups in total. The van der Waals surface area contributed by atoms with Gasteiger partial charge in [0.15, 0.2) is 5.65 Å². The lowest BCUT2D eigenvalue weighted by atomic mass is 10.00. The van der Waals surface area contributed by atoms with Gasteiger partial charge in [0, 0.05) is 33.2 Å². The van der Waals surface area contributed by atoms with Crippen molar-refractivity contribution >= 4 is 17.0 Å². The predicted octanol–water partition coefficient (Wildman–Crippen LogP) is 1.92. The summed E-state index contributed by atoms with van der Waals surface area (Å²) >= 11 is 0. The number of nitrogens with zero attached hydrogens (tertiary/aromatic N) is 3. The van der Waals surface area contributed by atoms with Crippen LogP contribution in [0.4, 0.5) is 5.82 Å². The van der Waals surface area contributed by atoms with E-state index in [0.717, 1.165) is 48.9 Å². The van der Waals surface area contributed by atoms with Crippen LogP contribution >= 0.6 is 0 Å². The van der Waals surface area contributed by atoms with Gasteiger partial charge in [-0.05, 0) is 25.0 Å². The minimum atomic E-state index is 0.482. The summed E-state index contributed by atoms with van der Waals surface area (Å²) < 4.78 is 5.38. The van der Waals surface area contributed by atoms with Crippen molar-refractivity contribution in [1.82, 2.24) is 15.0 Å². The Bertz CT molecular complexity index is 543. The van der Waals surface area contributed by atoms with Gasteiger partial charge in [-0.1, -0.05) is 0 Å². The predicted molar refractivity (Wildman–Crippen MR) is 71.0 cm³/mol. The first kappa shape index (κ1) is 11.5. The molecule has 0 radical (unpaired) electrons. The molecule has 1 fully saturated rings. The van der Waals surface area contributed by atoms with E-state index in [4.69, 9.17) is 4.74 Å². The molecular weight excluding hydrogens is 228 g/mol. The van der Waals surface area contributed by atoms with Crippen molar-refractivity contribution in [2.75, 3.05) is 32.2 Å². The molecule has 0 spiro atoms. The smallest absolute Gasteiger partial charge is 0.179 e. The first-order chi connectivity index (χ1) is 8.74. The second kappa shape index (κ2) is 4.57. The van der Waals surface area contributed by atoms with Crippen LogP contribution in [0, 0.1) is 0 Å². The molecule has 2 aromatic heterocycles. The average Bonchev–Trinajstić information content (AvgIpc) is 2.82. The highest BCUT2D eigenvalue weighted by atomic mass is 16.5. The zero-order valence-electron chi connectivity index (χ0n) is 10.8. The first-order valence-corrected chi connectivity index (χ1v) is 6.36. The van der Waals surface area contributed by atoms with Gasteiger partial charge in [0.05, 0.1) is 5.52 Å². The van der Waals surface area contributed by atoms with Crippen LogP contribution in [-0.2, 0) is 4.74 Å². The Morgan fingerprint density at radius 2 is 2.00 bits per heavy atom. The Labute approximate surface area is 106 Å². The zero-order valence-corrected chi connectivity index (χ0v) is 10.8. The second-order valence-corrected chi connectivity index (χ2v) is 4.94. The van der Waals surface area contributed by atoms with Crippen LogP contribution in [-0.4, -0.2) is 42.3 Å². The van der Waals surface area contributed by atoms with Gasteiger partial charge in [-0.3, -0.25) is 0 Å². The molecule has 1 aliphatic heterocycles. The Morgan fingerprint density at radius 1 is 1.22 bits per heavy atom. The van der Waals surface area contributed by atoms with Crippen molar-refractivity contribution in [3.8, 4) is 0 Å². The van der Waals surface area contributed by atoms with Crippen molar-refractivity contribution < 1.29 is 4.74 Å². The maximum atomic E-state index is 5.38. The number of hydrogen-bond acceptors (Lipinski definition) is 4. The highest BCUT2D eigenvalue weighted by molar-refractivity contribution is 5.73. The highest BCUT2D eigenvalue weighted by Gasteiger charge is 2.19. The summed E-state index contributed by atoms with van der Waals surface area (Å²) in [5.74, 6) is 2.47. The van der Waals surface area contributed by atoms with Crippen LogP contribution < -0.4 is 4.90 Å². The van der Waals surface area contributed by atoms with Crippen LogP contribution in [0.1, 0.15) is 24.6 Å². The van der Waals surface area contributed by atoms with Crippen molar-refractivity contribution in [1.29, 1.82) is 0 Å². The lowest BCUT2D eigenvalue weighted by molar-refractivity contribution is 0.0838. The number of aromatic nitrogens is 3. The number of fused-ring (bicyclic) bond motifs is 1. The third-order valence-electron chi connectivity index (χ3n) is 3.42. The third kappa shape index (κ3) is 2.06. The first-order valence-electron chi connectivity index (χ1n) is 6.36. The van der Waals surface area contributed by atoms with E-state index in [1.165, 1.54) is 0 Å². The van der Waals surface area contributed by atoms with E-state index in [0.29, 0.717) is 5.92 Å². The molecule has 5 heteroatoms. The molecule has 3 rings (SSSR count). The fourth-order valence-corrected chi connectivity index (χ4v) is 2.31. The van der Waals surface area contributed by atoms with E-state index in [2.05, 4.69) is 15.0 Å². The Morgan fingerprint density at radius 3 is 2.72 bits per heavy atom. The van der Waals surface area contributed by atoms with Crippen LogP contribution in [0.15, 0.2) is 12.1 Å². The molecule has 0 unspecified atom stereocenters. The van der Waals surface area contributed by atoms with E-state index < -0.39 is 0 Å². The lowest BCUT2D eigenvalue weighted by Gasteiger charge is -2.19. The number of rotatable bonds is 2. The molecule has 96 valence electrons. The van der Waals surface area contributed by atoms with Crippen molar-refractivity contribution in [3.05, 3.63) is 18.0 Å². The SMILES string of the molecule is CN(C)c1ccc2[nH]c(C3CCOCC3)nc2n1. The van der Waals surface area contributed by atoms with Crippen LogP contribution in [0.5, 0.6) is 0 Å². The molecule has 2 aromatic rings. The van der Waals surface area contributed by atoms with E-state index in [9.17, 15) is 0 Å². The molecule has 0 aromatic carbocycles. The fraction of sp³-hybridized carbons (Fsp3) is 0.538. The summed E-state index contributed by atoms with van der Waals surface area (Å²) in [6, 6.07) is 4.06. The molecular formula is C13H18N4O. The summed E-state index contributed by atoms with van der Waals surface area (Å²) in [6.45, 7) is 1.66. The molecule has 1 saturated heterocycles. The summed E-state index contributed by atoms with van der Waals surface area (Å²) in [5.41, 5.74) is 1.82. The number of ether oxygens (including phenoxy) is 1. The number of anilines is 1. The van der Waals surface area contributed by atoms with Crippen LogP contribution in [0.25, 0.3) is 11.2 Å². The lowest BCUT2D eigenvalue weighted by Crippen LogP contribution is -2.15. The summed E-state index contributed by atoms with van der Waals surface area (Å²) in [5, 5.41) is 0. The van der Waals surface area contributed by atoms with Gasteiger partial charge in [-0.2, -0.15) is 0 Å². The monoisotopic (exact) mass is 246 g/mol. The maximum absolute atomic E-state index is 5.38. The van der Waals surface area contributed by atoms with Gasteiger partial charge in [-0.25, -0.2) is 9.97 Å². The van der Waals surface area contributed by atoms with E-state index >= 15 is 0 Å². The Balaban J connectivity index is 1.94. The number of aromatic amines is 1. The highest BCUT2D eigenvalue weighted by Crippen LogP contribution is 2.26. The van der Waals surface area contributed by atoms with Gasteiger partial charge >= 0.3 is 0 Å². The molecule has 0 atom stereocenters. The van der Waals surface area contributed by atoms with Crippen molar-refractivity contribution in [3.63, 3.8) is 0 Å². The van der Waals surface area contributed by atoms with E-state index in [1.807, 2.05) is 31.1 Å². The average molecular weight is 246 g/mol. The topological polar surface area (TPSA) is 54.0 Å². The fourth-order valence-electron chi connectivity index (χ4n) is 2.31. The molecule has 0 amide bonds. The van der Waals surface area contributed by atoms with Crippen molar-refractivity contribution in [2.24, 2.45) is 0 Å². The molecule has 3 heterocycles. The summed E-state index contributed by atoms with van der Waals surface area (Å²) in [6.07, 6.45) is 2.08. The van der Waals surface area contributed by atoms with E-state index in [1.54, 1.807) is 0 Å². The van der Waals surface area contributed by atoms with Gasteiger partial charge in [-0.15, -0.1) is 0 Å². The molecule has 0 saturated carbocycles.